The molecule has 0 radical (unpaired) electrons. The first-order valence-electron chi connectivity index (χ1n) is 10.5. The van der Waals surface area contributed by atoms with E-state index >= 15 is 0 Å². The normalized spacial score (nSPS) is 11.5. The fraction of sp³-hybridized carbons (Fsp3) is 0.0800. The fourth-order valence-corrected chi connectivity index (χ4v) is 3.70. The molecule has 0 aliphatic carbocycles. The van der Waals surface area contributed by atoms with Gasteiger partial charge in [-0.2, -0.15) is 5.10 Å². The molecular formula is C25H21N5O3. The first-order valence-corrected chi connectivity index (χ1v) is 10.5. The molecule has 3 amide bonds. The summed E-state index contributed by atoms with van der Waals surface area (Å²) in [4.78, 5) is 25.0. The third-order valence-corrected chi connectivity index (χ3v) is 5.28. The smallest absolute Gasteiger partial charge is 0.323 e. The van der Waals surface area contributed by atoms with E-state index in [1.807, 2.05) is 72.8 Å². The van der Waals surface area contributed by atoms with Gasteiger partial charge in [-0.25, -0.2) is 4.79 Å². The Morgan fingerprint density at radius 1 is 0.909 bits per heavy atom. The molecule has 1 aromatic heterocycles. The number of para-hydroxylation sites is 2. The minimum absolute atomic E-state index is 0.271. The molecule has 8 nitrogen and oxygen atoms in total. The Morgan fingerprint density at radius 2 is 1.67 bits per heavy atom. The van der Waals surface area contributed by atoms with Gasteiger partial charge in [0.2, 0.25) is 0 Å². The molecule has 33 heavy (non-hydrogen) atoms. The summed E-state index contributed by atoms with van der Waals surface area (Å²) in [5.74, 6) is 0.482. The lowest BCUT2D eigenvalue weighted by atomic mass is 10.0. The molecule has 0 unspecified atom stereocenters. The Labute approximate surface area is 190 Å². The van der Waals surface area contributed by atoms with Gasteiger partial charge in [0.1, 0.15) is 23.7 Å². The van der Waals surface area contributed by atoms with E-state index in [2.05, 4.69) is 26.1 Å². The number of fused-ring (bicyclic) bond motifs is 3. The Morgan fingerprint density at radius 3 is 2.55 bits per heavy atom. The van der Waals surface area contributed by atoms with Crippen LogP contribution in [0.1, 0.15) is 21.6 Å². The summed E-state index contributed by atoms with van der Waals surface area (Å²) in [5, 5.41) is 15.7. The highest BCUT2D eigenvalue weighted by Crippen LogP contribution is 2.36. The first-order chi connectivity index (χ1) is 16.2. The number of H-pyrrole nitrogens is 1. The van der Waals surface area contributed by atoms with Crippen molar-refractivity contribution in [2.45, 2.75) is 13.2 Å². The first kappa shape index (κ1) is 20.3. The highest BCUT2D eigenvalue weighted by Gasteiger charge is 2.26. The number of aromatic amines is 1. The van der Waals surface area contributed by atoms with Crippen LogP contribution in [0.15, 0.2) is 78.9 Å². The monoisotopic (exact) mass is 439 g/mol. The molecule has 4 aromatic rings. The molecule has 2 heterocycles. The maximum absolute atomic E-state index is 12.8. The Kier molecular flexibility index (Phi) is 5.47. The number of aromatic nitrogens is 2. The van der Waals surface area contributed by atoms with E-state index in [1.54, 1.807) is 6.07 Å². The van der Waals surface area contributed by atoms with Gasteiger partial charge in [-0.1, -0.05) is 42.5 Å². The van der Waals surface area contributed by atoms with E-state index in [-0.39, 0.29) is 18.5 Å². The Hall–Kier alpha value is -4.59. The van der Waals surface area contributed by atoms with Gasteiger partial charge in [0.15, 0.2) is 0 Å². The number of nitrogens with one attached hydrogen (secondary N) is 4. The molecule has 4 N–H and O–H groups in total. The number of urea groups is 1. The van der Waals surface area contributed by atoms with E-state index in [0.717, 1.165) is 28.1 Å². The van der Waals surface area contributed by atoms with Crippen LogP contribution in [0, 0.1) is 0 Å². The van der Waals surface area contributed by atoms with Gasteiger partial charge in [-0.3, -0.25) is 9.89 Å². The van der Waals surface area contributed by atoms with Crippen LogP contribution in [0.4, 0.5) is 16.2 Å². The van der Waals surface area contributed by atoms with Crippen LogP contribution in [0.2, 0.25) is 0 Å². The molecule has 1 aliphatic heterocycles. The summed E-state index contributed by atoms with van der Waals surface area (Å²) >= 11 is 0. The number of benzene rings is 3. The molecule has 164 valence electrons. The summed E-state index contributed by atoms with van der Waals surface area (Å²) in [6, 6.07) is 23.8. The van der Waals surface area contributed by atoms with Crippen molar-refractivity contribution < 1.29 is 14.3 Å². The lowest BCUT2D eigenvalue weighted by Crippen LogP contribution is -2.25. The van der Waals surface area contributed by atoms with Crippen LogP contribution in [-0.2, 0) is 13.2 Å². The number of carbonyl (C=O) groups excluding carboxylic acids is 2. The quantitative estimate of drug-likeness (QED) is 0.366. The van der Waals surface area contributed by atoms with Crippen LogP contribution in [0.25, 0.3) is 11.3 Å². The van der Waals surface area contributed by atoms with Crippen molar-refractivity contribution in [1.29, 1.82) is 0 Å². The van der Waals surface area contributed by atoms with Crippen molar-refractivity contribution in [3.63, 3.8) is 0 Å². The molecule has 1 aliphatic rings. The molecule has 0 fully saturated rings. The predicted octanol–water partition coefficient (Wildman–Crippen LogP) is 4.54. The zero-order valence-electron chi connectivity index (χ0n) is 17.6. The summed E-state index contributed by atoms with van der Waals surface area (Å²) in [7, 11) is 0. The highest BCUT2D eigenvalue weighted by atomic mass is 16.5. The van der Waals surface area contributed by atoms with Crippen LogP contribution >= 0.6 is 0 Å². The summed E-state index contributed by atoms with van der Waals surface area (Å²) < 4.78 is 5.77. The number of ether oxygens (including phenoxy) is 1. The van der Waals surface area contributed by atoms with E-state index in [4.69, 9.17) is 4.74 Å². The second-order valence-electron chi connectivity index (χ2n) is 7.54. The largest absolute Gasteiger partial charge is 0.488 e. The lowest BCUT2D eigenvalue weighted by molar-refractivity contribution is 0.0943. The molecule has 3 aromatic carbocycles. The van der Waals surface area contributed by atoms with E-state index in [1.165, 1.54) is 0 Å². The molecule has 0 atom stereocenters. The number of anilines is 2. The van der Waals surface area contributed by atoms with Crippen LogP contribution < -0.4 is 20.7 Å². The number of amides is 3. The van der Waals surface area contributed by atoms with Crippen LogP contribution in [-0.4, -0.2) is 22.1 Å². The predicted molar refractivity (Wildman–Crippen MR) is 125 cm³/mol. The third kappa shape index (κ3) is 4.40. The van der Waals surface area contributed by atoms with E-state index in [9.17, 15) is 9.59 Å². The van der Waals surface area contributed by atoms with Crippen molar-refractivity contribution >= 4 is 23.3 Å². The summed E-state index contributed by atoms with van der Waals surface area (Å²) in [6.45, 7) is 0.571. The van der Waals surface area contributed by atoms with E-state index in [0.29, 0.717) is 23.6 Å². The van der Waals surface area contributed by atoms with Gasteiger partial charge in [-0.15, -0.1) is 0 Å². The van der Waals surface area contributed by atoms with Crippen molar-refractivity contribution in [1.82, 2.24) is 15.5 Å². The van der Waals surface area contributed by atoms with Gasteiger partial charge >= 0.3 is 6.03 Å². The molecule has 0 bridgehead atoms. The minimum atomic E-state index is -0.341. The van der Waals surface area contributed by atoms with Crippen molar-refractivity contribution in [2.75, 3.05) is 10.6 Å². The van der Waals surface area contributed by atoms with Gasteiger partial charge < -0.3 is 20.7 Å². The molecule has 0 spiro atoms. The van der Waals surface area contributed by atoms with Gasteiger partial charge in [0.25, 0.3) is 5.91 Å². The number of hydrogen-bond donors (Lipinski definition) is 4. The Bertz CT molecular complexity index is 1320. The van der Waals surface area contributed by atoms with Crippen LogP contribution in [0.5, 0.6) is 5.75 Å². The third-order valence-electron chi connectivity index (χ3n) is 5.28. The van der Waals surface area contributed by atoms with Crippen molar-refractivity contribution in [3.05, 3.63) is 95.7 Å². The number of nitrogens with zero attached hydrogens (tertiary/aromatic N) is 1. The van der Waals surface area contributed by atoms with Gasteiger partial charge in [0, 0.05) is 29.0 Å². The average Bonchev–Trinajstić information content (AvgIpc) is 3.28. The summed E-state index contributed by atoms with van der Waals surface area (Å²) in [5.41, 5.74) is 4.89. The van der Waals surface area contributed by atoms with Crippen LogP contribution in [0.3, 0.4) is 0 Å². The maximum atomic E-state index is 12.8. The van der Waals surface area contributed by atoms with Crippen molar-refractivity contribution in [3.8, 4) is 17.0 Å². The highest BCUT2D eigenvalue weighted by molar-refractivity contribution is 5.99. The molecular weight excluding hydrogens is 418 g/mol. The molecule has 5 rings (SSSR count). The standard InChI is InChI=1S/C25H21N5O3/c31-24(23-20-15-33-21-12-5-4-11-19(21)22(20)29-30-23)26-14-16-7-6-10-18(13-16)28-25(32)27-17-8-2-1-3-9-17/h1-13H,14-15H2,(H,26,31)(H,29,30)(H2,27,28,32). The molecule has 0 saturated carbocycles. The SMILES string of the molecule is O=C(Nc1ccccc1)Nc1cccc(CNC(=O)c2[nH]nc3c2COc2ccccc2-3)c1. The van der Waals surface area contributed by atoms with E-state index < -0.39 is 0 Å². The Balaban J connectivity index is 1.22. The minimum Gasteiger partial charge on any atom is -0.488 e. The van der Waals surface area contributed by atoms with Crippen molar-refractivity contribution in [2.24, 2.45) is 0 Å². The molecule has 8 heteroatoms. The zero-order valence-corrected chi connectivity index (χ0v) is 17.6. The zero-order chi connectivity index (χ0) is 22.6. The number of carbonyl (C=O) groups is 2. The second-order valence-corrected chi connectivity index (χ2v) is 7.54. The maximum Gasteiger partial charge on any atom is 0.323 e. The number of hydrogen-bond acceptors (Lipinski definition) is 4. The molecule has 0 saturated heterocycles. The van der Waals surface area contributed by atoms with Gasteiger partial charge in [-0.05, 0) is 42.0 Å². The second kappa shape index (κ2) is 8.88. The van der Waals surface area contributed by atoms with Gasteiger partial charge in [0.05, 0.1) is 0 Å². The lowest BCUT2D eigenvalue weighted by Gasteiger charge is -2.17. The average molecular weight is 439 g/mol. The summed E-state index contributed by atoms with van der Waals surface area (Å²) in [6.07, 6.45) is 0. The number of rotatable bonds is 5. The fourth-order valence-electron chi connectivity index (χ4n) is 3.70. The topological polar surface area (TPSA) is 108 Å².